The molecule has 0 bridgehead atoms. The molecule has 3 aromatic rings. The molecular weight excluding hydrogens is 534 g/mol. The minimum absolute atomic E-state index is 0.0135. The standard InChI is InChI=1S/C30H36ClN3O4S/c1-5-23(3)32-30(36)24(4)33(19-18-25-11-7-6-8-12-25)29(35)21-34(27-13-9-10-22(2)20-27)39(37,38)28-16-14-26(31)15-17-28/h6-17,20,23-24H,5,18-19,21H2,1-4H3,(H,32,36)/t23-,24-/m0/s1. The molecule has 0 radical (unpaired) electrons. The highest BCUT2D eigenvalue weighted by molar-refractivity contribution is 7.92. The number of amides is 2. The maximum absolute atomic E-state index is 13.9. The van der Waals surface area contributed by atoms with Crippen LogP contribution in [0.2, 0.25) is 5.02 Å². The molecule has 0 saturated heterocycles. The van der Waals surface area contributed by atoms with Crippen LogP contribution in [0, 0.1) is 6.92 Å². The number of carbonyl (C=O) groups is 2. The van der Waals surface area contributed by atoms with E-state index in [0.29, 0.717) is 17.1 Å². The van der Waals surface area contributed by atoms with Crippen molar-refractivity contribution in [2.45, 2.75) is 57.5 Å². The molecule has 0 fully saturated rings. The van der Waals surface area contributed by atoms with Crippen molar-refractivity contribution in [2.75, 3.05) is 17.4 Å². The predicted molar refractivity (Wildman–Crippen MR) is 156 cm³/mol. The minimum Gasteiger partial charge on any atom is -0.352 e. The molecule has 0 aliphatic carbocycles. The summed E-state index contributed by atoms with van der Waals surface area (Å²) in [6.45, 7) is 7.18. The molecule has 0 saturated carbocycles. The first-order valence-corrected chi connectivity index (χ1v) is 14.8. The van der Waals surface area contributed by atoms with Gasteiger partial charge in [-0.25, -0.2) is 8.42 Å². The Balaban J connectivity index is 1.97. The normalized spacial score (nSPS) is 12.8. The number of hydrogen-bond acceptors (Lipinski definition) is 4. The number of hydrogen-bond donors (Lipinski definition) is 1. The van der Waals surface area contributed by atoms with Gasteiger partial charge in [0.1, 0.15) is 12.6 Å². The summed E-state index contributed by atoms with van der Waals surface area (Å²) < 4.78 is 28.7. The number of anilines is 1. The van der Waals surface area contributed by atoms with Crippen LogP contribution in [0.5, 0.6) is 0 Å². The Morgan fingerprint density at radius 2 is 1.62 bits per heavy atom. The van der Waals surface area contributed by atoms with Gasteiger partial charge in [0, 0.05) is 17.6 Å². The van der Waals surface area contributed by atoms with Crippen molar-refractivity contribution in [1.29, 1.82) is 0 Å². The van der Waals surface area contributed by atoms with Gasteiger partial charge in [0.2, 0.25) is 11.8 Å². The average molecular weight is 570 g/mol. The summed E-state index contributed by atoms with van der Waals surface area (Å²) >= 11 is 5.99. The number of nitrogens with one attached hydrogen (secondary N) is 1. The SMILES string of the molecule is CC[C@H](C)NC(=O)[C@H](C)N(CCc1ccccc1)C(=O)CN(c1cccc(C)c1)S(=O)(=O)c1ccc(Cl)cc1. The lowest BCUT2D eigenvalue weighted by atomic mass is 10.1. The number of aryl methyl sites for hydroxylation is 1. The number of benzene rings is 3. The zero-order valence-corrected chi connectivity index (χ0v) is 24.4. The molecule has 7 nitrogen and oxygen atoms in total. The molecule has 1 N–H and O–H groups in total. The summed E-state index contributed by atoms with van der Waals surface area (Å²) in [6.07, 6.45) is 1.26. The molecule has 0 aliphatic heterocycles. The van der Waals surface area contributed by atoms with Crippen molar-refractivity contribution in [3.05, 3.63) is 95.0 Å². The smallest absolute Gasteiger partial charge is 0.264 e. The van der Waals surface area contributed by atoms with Gasteiger partial charge in [0.05, 0.1) is 10.6 Å². The molecule has 0 aromatic heterocycles. The third-order valence-electron chi connectivity index (χ3n) is 6.62. The van der Waals surface area contributed by atoms with Crippen LogP contribution in [0.3, 0.4) is 0 Å². The Hall–Kier alpha value is -3.36. The van der Waals surface area contributed by atoms with E-state index in [2.05, 4.69) is 5.32 Å². The Kier molecular flexibility index (Phi) is 10.5. The summed E-state index contributed by atoms with van der Waals surface area (Å²) in [4.78, 5) is 28.4. The van der Waals surface area contributed by atoms with Gasteiger partial charge in [0.15, 0.2) is 0 Å². The second-order valence-electron chi connectivity index (χ2n) is 9.62. The van der Waals surface area contributed by atoms with E-state index in [0.717, 1.165) is 21.9 Å². The second kappa shape index (κ2) is 13.6. The van der Waals surface area contributed by atoms with E-state index in [-0.39, 0.29) is 23.4 Å². The van der Waals surface area contributed by atoms with E-state index in [1.807, 2.05) is 57.2 Å². The molecule has 3 aromatic carbocycles. The first-order chi connectivity index (χ1) is 18.5. The van der Waals surface area contributed by atoms with Crippen molar-refractivity contribution in [3.63, 3.8) is 0 Å². The fraction of sp³-hybridized carbons (Fsp3) is 0.333. The first-order valence-electron chi connectivity index (χ1n) is 13.0. The third-order valence-corrected chi connectivity index (χ3v) is 8.66. The fourth-order valence-electron chi connectivity index (χ4n) is 4.08. The summed E-state index contributed by atoms with van der Waals surface area (Å²) in [6, 6.07) is 21.6. The highest BCUT2D eigenvalue weighted by Gasteiger charge is 2.32. The lowest BCUT2D eigenvalue weighted by molar-refractivity contribution is -0.139. The molecule has 208 valence electrons. The molecule has 0 aliphatic rings. The Morgan fingerprint density at radius 3 is 2.23 bits per heavy atom. The van der Waals surface area contributed by atoms with Crippen molar-refractivity contribution < 1.29 is 18.0 Å². The Morgan fingerprint density at radius 1 is 0.949 bits per heavy atom. The van der Waals surface area contributed by atoms with Crippen LogP contribution in [-0.4, -0.2) is 50.3 Å². The van der Waals surface area contributed by atoms with Gasteiger partial charge in [-0.3, -0.25) is 13.9 Å². The van der Waals surface area contributed by atoms with Crippen molar-refractivity contribution in [2.24, 2.45) is 0 Å². The number of rotatable bonds is 12. The van der Waals surface area contributed by atoms with Crippen LogP contribution in [0.15, 0.2) is 83.8 Å². The molecule has 0 heterocycles. The predicted octanol–water partition coefficient (Wildman–Crippen LogP) is 5.22. The largest absolute Gasteiger partial charge is 0.352 e. The van der Waals surface area contributed by atoms with Crippen molar-refractivity contribution in [3.8, 4) is 0 Å². The van der Waals surface area contributed by atoms with E-state index < -0.39 is 28.5 Å². The van der Waals surface area contributed by atoms with Gasteiger partial charge in [-0.15, -0.1) is 0 Å². The topological polar surface area (TPSA) is 86.8 Å². The van der Waals surface area contributed by atoms with Gasteiger partial charge in [-0.1, -0.05) is 61.0 Å². The number of halogens is 1. The lowest BCUT2D eigenvalue weighted by Crippen LogP contribution is -2.53. The minimum atomic E-state index is -4.13. The average Bonchev–Trinajstić information content (AvgIpc) is 2.92. The summed E-state index contributed by atoms with van der Waals surface area (Å²) in [7, 11) is -4.13. The molecule has 39 heavy (non-hydrogen) atoms. The van der Waals surface area contributed by atoms with Gasteiger partial charge in [-0.05, 0) is 81.1 Å². The molecule has 0 unspecified atom stereocenters. The molecule has 2 atom stereocenters. The van der Waals surface area contributed by atoms with Gasteiger partial charge < -0.3 is 10.2 Å². The van der Waals surface area contributed by atoms with E-state index >= 15 is 0 Å². The number of nitrogens with zero attached hydrogens (tertiary/aromatic N) is 2. The highest BCUT2D eigenvalue weighted by atomic mass is 35.5. The van der Waals surface area contributed by atoms with E-state index in [1.165, 1.54) is 29.2 Å². The van der Waals surface area contributed by atoms with Gasteiger partial charge in [-0.2, -0.15) is 0 Å². The molecule has 9 heteroatoms. The van der Waals surface area contributed by atoms with Gasteiger partial charge in [0.25, 0.3) is 10.0 Å². The maximum atomic E-state index is 13.9. The zero-order valence-electron chi connectivity index (χ0n) is 22.8. The monoisotopic (exact) mass is 569 g/mol. The Bertz CT molecular complexity index is 1360. The summed E-state index contributed by atoms with van der Waals surface area (Å²) in [5.41, 5.74) is 2.21. The zero-order chi connectivity index (χ0) is 28.6. The Labute approximate surface area is 236 Å². The maximum Gasteiger partial charge on any atom is 0.264 e. The van der Waals surface area contributed by atoms with Crippen LogP contribution in [0.1, 0.15) is 38.3 Å². The molecule has 0 spiro atoms. The van der Waals surface area contributed by atoms with Crippen LogP contribution in [0.25, 0.3) is 0 Å². The van der Waals surface area contributed by atoms with E-state index in [1.54, 1.807) is 25.1 Å². The number of sulfonamides is 1. The summed E-state index contributed by atoms with van der Waals surface area (Å²) in [5.74, 6) is -0.759. The number of carbonyl (C=O) groups excluding carboxylic acids is 2. The van der Waals surface area contributed by atoms with E-state index in [4.69, 9.17) is 11.6 Å². The first kappa shape index (κ1) is 30.2. The summed E-state index contributed by atoms with van der Waals surface area (Å²) in [5, 5.41) is 3.34. The van der Waals surface area contributed by atoms with Crippen molar-refractivity contribution >= 4 is 39.1 Å². The van der Waals surface area contributed by atoms with Crippen LogP contribution in [-0.2, 0) is 26.0 Å². The van der Waals surface area contributed by atoms with E-state index in [9.17, 15) is 18.0 Å². The highest BCUT2D eigenvalue weighted by Crippen LogP contribution is 2.26. The second-order valence-corrected chi connectivity index (χ2v) is 11.9. The van der Waals surface area contributed by atoms with Crippen LogP contribution < -0.4 is 9.62 Å². The molecular formula is C30H36ClN3O4S. The molecule has 3 rings (SSSR count). The van der Waals surface area contributed by atoms with Gasteiger partial charge >= 0.3 is 0 Å². The third kappa shape index (κ3) is 8.07. The van der Waals surface area contributed by atoms with Crippen molar-refractivity contribution in [1.82, 2.24) is 10.2 Å². The van der Waals surface area contributed by atoms with Crippen LogP contribution in [0.4, 0.5) is 5.69 Å². The van der Waals surface area contributed by atoms with Crippen LogP contribution >= 0.6 is 11.6 Å². The lowest BCUT2D eigenvalue weighted by Gasteiger charge is -2.32. The fourth-order valence-corrected chi connectivity index (χ4v) is 5.61. The quantitative estimate of drug-likeness (QED) is 0.324. The molecule has 2 amide bonds.